The van der Waals surface area contributed by atoms with E-state index in [9.17, 15) is 4.79 Å². The maximum absolute atomic E-state index is 13.3. The van der Waals surface area contributed by atoms with Crippen LogP contribution < -0.4 is 4.90 Å². The SMILES string of the molecule is CN(C)c1cccc(C(=O)N2CCCCC2c2nncn2CC2CC2)c1. The quantitative estimate of drug-likeness (QED) is 0.829. The van der Waals surface area contributed by atoms with Gasteiger partial charge < -0.3 is 14.4 Å². The average Bonchev–Trinajstić information content (AvgIpc) is 3.36. The van der Waals surface area contributed by atoms with Gasteiger partial charge in [0.1, 0.15) is 6.33 Å². The van der Waals surface area contributed by atoms with Gasteiger partial charge in [0, 0.05) is 38.4 Å². The molecule has 6 heteroatoms. The highest BCUT2D eigenvalue weighted by Crippen LogP contribution is 2.35. The molecule has 4 rings (SSSR count). The number of anilines is 1. The van der Waals surface area contributed by atoms with E-state index < -0.39 is 0 Å². The average molecular weight is 353 g/mol. The number of benzene rings is 1. The third-order valence-electron chi connectivity index (χ3n) is 5.47. The van der Waals surface area contributed by atoms with Crippen LogP contribution in [-0.2, 0) is 6.54 Å². The Morgan fingerprint density at radius 3 is 2.85 bits per heavy atom. The zero-order valence-corrected chi connectivity index (χ0v) is 15.6. The molecule has 2 heterocycles. The summed E-state index contributed by atoms with van der Waals surface area (Å²) >= 11 is 0. The predicted molar refractivity (Wildman–Crippen MR) is 101 cm³/mol. The number of hydrogen-bond donors (Lipinski definition) is 0. The van der Waals surface area contributed by atoms with Gasteiger partial charge in [0.15, 0.2) is 5.82 Å². The molecule has 1 amide bonds. The van der Waals surface area contributed by atoms with Gasteiger partial charge in [-0.15, -0.1) is 10.2 Å². The molecule has 138 valence electrons. The molecule has 0 radical (unpaired) electrons. The number of aromatic nitrogens is 3. The monoisotopic (exact) mass is 353 g/mol. The van der Waals surface area contributed by atoms with Crippen molar-refractivity contribution in [3.8, 4) is 0 Å². The van der Waals surface area contributed by atoms with Gasteiger partial charge in [0.2, 0.25) is 0 Å². The van der Waals surface area contributed by atoms with E-state index in [1.54, 1.807) is 0 Å². The minimum Gasteiger partial charge on any atom is -0.378 e. The van der Waals surface area contributed by atoms with Crippen LogP contribution >= 0.6 is 0 Å². The van der Waals surface area contributed by atoms with Crippen molar-refractivity contribution < 1.29 is 4.79 Å². The van der Waals surface area contributed by atoms with E-state index in [0.29, 0.717) is 0 Å². The van der Waals surface area contributed by atoms with Crippen molar-refractivity contribution in [2.45, 2.75) is 44.7 Å². The number of carbonyl (C=O) groups excluding carboxylic acids is 1. The molecule has 1 aromatic heterocycles. The fraction of sp³-hybridized carbons (Fsp3) is 0.550. The molecule has 1 aliphatic heterocycles. The summed E-state index contributed by atoms with van der Waals surface area (Å²) < 4.78 is 2.17. The number of rotatable bonds is 5. The normalized spacial score (nSPS) is 20.2. The van der Waals surface area contributed by atoms with E-state index in [-0.39, 0.29) is 11.9 Å². The topological polar surface area (TPSA) is 54.3 Å². The fourth-order valence-electron chi connectivity index (χ4n) is 3.77. The summed E-state index contributed by atoms with van der Waals surface area (Å²) in [5.41, 5.74) is 1.79. The lowest BCUT2D eigenvalue weighted by atomic mass is 9.99. The molecule has 6 nitrogen and oxygen atoms in total. The summed E-state index contributed by atoms with van der Waals surface area (Å²) in [6.45, 7) is 1.77. The molecule has 2 aromatic rings. The standard InChI is InChI=1S/C20H27N5O/c1-23(2)17-7-5-6-16(12-17)20(26)25-11-4-3-8-18(25)19-22-21-14-24(19)13-15-9-10-15/h5-7,12,14-15,18H,3-4,8-11,13H2,1-2H3. The summed E-state index contributed by atoms with van der Waals surface area (Å²) in [6, 6.07) is 7.90. The number of carbonyl (C=O) groups is 1. The van der Waals surface area contributed by atoms with Crippen LogP contribution in [0.3, 0.4) is 0 Å². The van der Waals surface area contributed by atoms with Crippen molar-refractivity contribution in [1.82, 2.24) is 19.7 Å². The number of piperidine rings is 1. The van der Waals surface area contributed by atoms with E-state index in [0.717, 1.165) is 55.3 Å². The second-order valence-corrected chi connectivity index (χ2v) is 7.74. The van der Waals surface area contributed by atoms with Crippen LogP contribution in [0.25, 0.3) is 0 Å². The molecule has 1 aromatic carbocycles. The third-order valence-corrected chi connectivity index (χ3v) is 5.47. The van der Waals surface area contributed by atoms with Crippen molar-refractivity contribution in [3.63, 3.8) is 0 Å². The van der Waals surface area contributed by atoms with Crippen LogP contribution in [0.15, 0.2) is 30.6 Å². The van der Waals surface area contributed by atoms with Crippen LogP contribution in [0.1, 0.15) is 54.3 Å². The summed E-state index contributed by atoms with van der Waals surface area (Å²) in [5.74, 6) is 1.81. The Balaban J connectivity index is 1.60. The molecule has 1 atom stereocenters. The van der Waals surface area contributed by atoms with Gasteiger partial charge in [-0.25, -0.2) is 0 Å². The number of hydrogen-bond acceptors (Lipinski definition) is 4. The minimum atomic E-state index is 0.0283. The Bertz CT molecular complexity index is 780. The lowest BCUT2D eigenvalue weighted by molar-refractivity contribution is 0.0594. The highest BCUT2D eigenvalue weighted by molar-refractivity contribution is 5.95. The lowest BCUT2D eigenvalue weighted by Crippen LogP contribution is -2.39. The number of amides is 1. The predicted octanol–water partition coefficient (Wildman–Crippen LogP) is 3.12. The first-order valence-corrected chi connectivity index (χ1v) is 9.59. The molecule has 26 heavy (non-hydrogen) atoms. The first-order chi connectivity index (χ1) is 12.6. The fourth-order valence-corrected chi connectivity index (χ4v) is 3.77. The second-order valence-electron chi connectivity index (χ2n) is 7.74. The van der Waals surface area contributed by atoms with Gasteiger partial charge in [-0.1, -0.05) is 6.07 Å². The molecule has 1 saturated carbocycles. The first-order valence-electron chi connectivity index (χ1n) is 9.59. The molecule has 2 aliphatic rings. The van der Waals surface area contributed by atoms with Crippen molar-refractivity contribution >= 4 is 11.6 Å². The van der Waals surface area contributed by atoms with Gasteiger partial charge in [-0.3, -0.25) is 4.79 Å². The Hall–Kier alpha value is -2.37. The van der Waals surface area contributed by atoms with Crippen LogP contribution in [0, 0.1) is 5.92 Å². The molecule has 1 saturated heterocycles. The zero-order valence-electron chi connectivity index (χ0n) is 15.6. The van der Waals surface area contributed by atoms with E-state index >= 15 is 0 Å². The van der Waals surface area contributed by atoms with E-state index in [4.69, 9.17) is 0 Å². The Morgan fingerprint density at radius 1 is 1.23 bits per heavy atom. The van der Waals surface area contributed by atoms with Crippen molar-refractivity contribution in [2.75, 3.05) is 25.5 Å². The number of nitrogens with zero attached hydrogens (tertiary/aromatic N) is 5. The Labute approximate surface area is 154 Å². The van der Waals surface area contributed by atoms with Crippen LogP contribution in [-0.4, -0.2) is 46.2 Å². The summed E-state index contributed by atoms with van der Waals surface area (Å²) in [7, 11) is 3.99. The van der Waals surface area contributed by atoms with E-state index in [1.807, 2.05) is 54.5 Å². The largest absolute Gasteiger partial charge is 0.378 e. The van der Waals surface area contributed by atoms with Crippen LogP contribution in [0.4, 0.5) is 5.69 Å². The van der Waals surface area contributed by atoms with Crippen LogP contribution in [0.2, 0.25) is 0 Å². The highest BCUT2D eigenvalue weighted by Gasteiger charge is 2.33. The molecule has 1 unspecified atom stereocenters. The van der Waals surface area contributed by atoms with Crippen molar-refractivity contribution in [1.29, 1.82) is 0 Å². The van der Waals surface area contributed by atoms with E-state index in [1.165, 1.54) is 12.8 Å². The van der Waals surface area contributed by atoms with Crippen molar-refractivity contribution in [2.24, 2.45) is 5.92 Å². The van der Waals surface area contributed by atoms with Crippen molar-refractivity contribution in [3.05, 3.63) is 42.0 Å². The first kappa shape index (κ1) is 17.1. The van der Waals surface area contributed by atoms with E-state index in [2.05, 4.69) is 14.8 Å². The van der Waals surface area contributed by atoms with Gasteiger partial charge in [-0.05, 0) is 56.2 Å². The lowest BCUT2D eigenvalue weighted by Gasteiger charge is -2.35. The Morgan fingerprint density at radius 2 is 2.08 bits per heavy atom. The molecule has 0 spiro atoms. The van der Waals surface area contributed by atoms with Crippen LogP contribution in [0.5, 0.6) is 0 Å². The molecule has 0 bridgehead atoms. The highest BCUT2D eigenvalue weighted by atomic mass is 16.2. The van der Waals surface area contributed by atoms with Gasteiger partial charge in [0.25, 0.3) is 5.91 Å². The summed E-state index contributed by atoms with van der Waals surface area (Å²) in [5, 5.41) is 8.55. The Kier molecular flexibility index (Phi) is 4.66. The molecule has 2 fully saturated rings. The number of likely N-dealkylation sites (tertiary alicyclic amines) is 1. The third kappa shape index (κ3) is 3.45. The molecular weight excluding hydrogens is 326 g/mol. The minimum absolute atomic E-state index is 0.0283. The van der Waals surface area contributed by atoms with Gasteiger partial charge in [-0.2, -0.15) is 0 Å². The zero-order chi connectivity index (χ0) is 18.1. The maximum atomic E-state index is 13.3. The van der Waals surface area contributed by atoms with Gasteiger partial charge in [0.05, 0.1) is 6.04 Å². The molecular formula is C20H27N5O. The molecule has 1 aliphatic carbocycles. The summed E-state index contributed by atoms with van der Waals surface area (Å²) in [6.07, 6.45) is 7.55. The molecule has 0 N–H and O–H groups in total. The maximum Gasteiger partial charge on any atom is 0.254 e. The summed E-state index contributed by atoms with van der Waals surface area (Å²) in [4.78, 5) is 17.3. The second kappa shape index (κ2) is 7.09. The van der Waals surface area contributed by atoms with Gasteiger partial charge >= 0.3 is 0 Å². The smallest absolute Gasteiger partial charge is 0.254 e.